The van der Waals surface area contributed by atoms with E-state index < -0.39 is 0 Å². The van der Waals surface area contributed by atoms with E-state index in [2.05, 4.69) is 34.6 Å². The minimum absolute atomic E-state index is 0.00929. The largest absolute Gasteiger partial charge is 0.378 e. The van der Waals surface area contributed by atoms with Crippen LogP contribution < -0.4 is 0 Å². The Hall–Kier alpha value is -0.160. The van der Waals surface area contributed by atoms with Crippen molar-refractivity contribution in [3.8, 4) is 0 Å². The molecule has 3 unspecified atom stereocenters. The molecule has 3 fully saturated rings. The van der Waals surface area contributed by atoms with Crippen LogP contribution in [0.2, 0.25) is 0 Å². The first-order chi connectivity index (χ1) is 12.9. The Morgan fingerprint density at radius 2 is 1.59 bits per heavy atom. The predicted molar refractivity (Wildman–Crippen MR) is 108 cm³/mol. The van der Waals surface area contributed by atoms with E-state index in [1.54, 1.807) is 0 Å². The summed E-state index contributed by atoms with van der Waals surface area (Å²) >= 11 is 0. The minimum Gasteiger partial charge on any atom is -0.378 e. The normalized spacial score (nSPS) is 37.3. The number of rotatable bonds is 6. The Morgan fingerprint density at radius 1 is 0.815 bits per heavy atom. The van der Waals surface area contributed by atoms with Crippen molar-refractivity contribution in [3.05, 3.63) is 0 Å². The second-order valence-electron chi connectivity index (χ2n) is 10.1. The Labute approximate surface area is 166 Å². The van der Waals surface area contributed by atoms with E-state index in [0.717, 1.165) is 44.0 Å². The van der Waals surface area contributed by atoms with Crippen LogP contribution in [-0.2, 0) is 18.9 Å². The van der Waals surface area contributed by atoms with Crippen molar-refractivity contribution in [1.29, 1.82) is 0 Å². The Kier molecular flexibility index (Phi) is 7.63. The van der Waals surface area contributed by atoms with Gasteiger partial charge in [0.15, 0.2) is 0 Å². The number of hydrogen-bond donors (Lipinski definition) is 0. The third-order valence-electron chi connectivity index (χ3n) is 7.59. The second kappa shape index (κ2) is 9.56. The molecule has 0 aromatic carbocycles. The van der Waals surface area contributed by atoms with E-state index in [9.17, 15) is 0 Å². The summed E-state index contributed by atoms with van der Waals surface area (Å²) in [7, 11) is 0. The zero-order valence-electron chi connectivity index (χ0n) is 18.2. The van der Waals surface area contributed by atoms with Crippen LogP contribution in [0.5, 0.6) is 0 Å². The molecule has 0 amide bonds. The zero-order valence-corrected chi connectivity index (χ0v) is 18.2. The fourth-order valence-corrected chi connectivity index (χ4v) is 5.13. The van der Waals surface area contributed by atoms with Crippen LogP contribution in [0, 0.1) is 29.1 Å². The van der Waals surface area contributed by atoms with Crippen molar-refractivity contribution in [3.63, 3.8) is 0 Å². The Balaban J connectivity index is 1.50. The summed E-state index contributed by atoms with van der Waals surface area (Å²) in [6.07, 6.45) is 6.93. The lowest BCUT2D eigenvalue weighted by atomic mass is 9.72. The molecule has 3 aliphatic rings. The third kappa shape index (κ3) is 5.46. The van der Waals surface area contributed by atoms with Crippen molar-refractivity contribution in [2.75, 3.05) is 33.0 Å². The quantitative estimate of drug-likeness (QED) is 0.667. The standard InChI is InChI=1S/C23H42O4/c1-16(2)19-6-7-20(27-14-19)12-17(3)18-8-9-25-21(13-18)23(4,5)22-15-24-10-11-26-22/h16-22H,6-15H2,1-5H3/t17?,18-,19+,20?,21?,22+/m1/s1. The molecule has 4 nitrogen and oxygen atoms in total. The summed E-state index contributed by atoms with van der Waals surface area (Å²) in [6.45, 7) is 15.6. The Morgan fingerprint density at radius 3 is 2.22 bits per heavy atom. The highest BCUT2D eigenvalue weighted by atomic mass is 16.6. The summed E-state index contributed by atoms with van der Waals surface area (Å²) in [5.74, 6) is 2.91. The molecule has 0 bridgehead atoms. The van der Waals surface area contributed by atoms with Gasteiger partial charge in [-0.2, -0.15) is 0 Å². The Bertz CT molecular complexity index is 436. The third-order valence-corrected chi connectivity index (χ3v) is 7.59. The van der Waals surface area contributed by atoms with Gasteiger partial charge in [-0.05, 0) is 55.8 Å². The van der Waals surface area contributed by atoms with Gasteiger partial charge in [0.05, 0.1) is 44.7 Å². The van der Waals surface area contributed by atoms with Gasteiger partial charge in [0, 0.05) is 12.0 Å². The summed E-state index contributed by atoms with van der Waals surface area (Å²) in [4.78, 5) is 0. The predicted octanol–water partition coefficient (Wildman–Crippen LogP) is 4.70. The van der Waals surface area contributed by atoms with Crippen LogP contribution in [0.25, 0.3) is 0 Å². The number of ether oxygens (including phenoxy) is 4. The van der Waals surface area contributed by atoms with Crippen molar-refractivity contribution < 1.29 is 18.9 Å². The molecule has 3 aliphatic heterocycles. The van der Waals surface area contributed by atoms with E-state index in [0.29, 0.717) is 25.2 Å². The first-order valence-corrected chi connectivity index (χ1v) is 11.3. The van der Waals surface area contributed by atoms with Crippen LogP contribution in [0.15, 0.2) is 0 Å². The average molecular weight is 383 g/mol. The molecule has 3 rings (SSSR count). The molecule has 27 heavy (non-hydrogen) atoms. The van der Waals surface area contributed by atoms with Crippen molar-refractivity contribution in [1.82, 2.24) is 0 Å². The monoisotopic (exact) mass is 382 g/mol. The van der Waals surface area contributed by atoms with Gasteiger partial charge in [-0.1, -0.05) is 34.6 Å². The fourth-order valence-electron chi connectivity index (χ4n) is 5.13. The maximum absolute atomic E-state index is 6.24. The molecular weight excluding hydrogens is 340 g/mol. The molecule has 0 aromatic rings. The van der Waals surface area contributed by atoms with Gasteiger partial charge in [-0.15, -0.1) is 0 Å². The van der Waals surface area contributed by atoms with Crippen LogP contribution >= 0.6 is 0 Å². The van der Waals surface area contributed by atoms with Gasteiger partial charge >= 0.3 is 0 Å². The molecular formula is C23H42O4. The molecule has 4 heteroatoms. The van der Waals surface area contributed by atoms with Crippen molar-refractivity contribution >= 4 is 0 Å². The maximum Gasteiger partial charge on any atom is 0.0885 e. The van der Waals surface area contributed by atoms with Gasteiger partial charge in [0.25, 0.3) is 0 Å². The van der Waals surface area contributed by atoms with Gasteiger partial charge in [0.1, 0.15) is 0 Å². The van der Waals surface area contributed by atoms with Crippen LogP contribution in [0.3, 0.4) is 0 Å². The zero-order chi connectivity index (χ0) is 19.4. The molecule has 0 N–H and O–H groups in total. The molecule has 0 aromatic heterocycles. The summed E-state index contributed by atoms with van der Waals surface area (Å²) in [5, 5.41) is 0. The molecule has 3 heterocycles. The smallest absolute Gasteiger partial charge is 0.0885 e. The molecule has 0 radical (unpaired) electrons. The molecule has 3 saturated heterocycles. The van der Waals surface area contributed by atoms with Gasteiger partial charge in [-0.3, -0.25) is 0 Å². The van der Waals surface area contributed by atoms with Crippen molar-refractivity contribution in [2.45, 2.75) is 85.0 Å². The summed E-state index contributed by atoms with van der Waals surface area (Å²) in [6, 6.07) is 0. The van der Waals surface area contributed by atoms with E-state index in [-0.39, 0.29) is 17.6 Å². The number of hydrogen-bond acceptors (Lipinski definition) is 4. The van der Waals surface area contributed by atoms with Gasteiger partial charge in [-0.25, -0.2) is 0 Å². The molecule has 0 spiro atoms. The summed E-state index contributed by atoms with van der Waals surface area (Å²) in [5.41, 5.74) is -0.00929. The van der Waals surface area contributed by atoms with E-state index in [4.69, 9.17) is 18.9 Å². The molecule has 6 atom stereocenters. The first kappa shape index (κ1) is 21.5. The lowest BCUT2D eigenvalue weighted by molar-refractivity contribution is -0.183. The highest BCUT2D eigenvalue weighted by Crippen LogP contribution is 2.41. The van der Waals surface area contributed by atoms with E-state index in [1.807, 2.05) is 0 Å². The first-order valence-electron chi connectivity index (χ1n) is 11.3. The summed E-state index contributed by atoms with van der Waals surface area (Å²) < 4.78 is 24.2. The lowest BCUT2D eigenvalue weighted by Crippen LogP contribution is -2.50. The highest BCUT2D eigenvalue weighted by molar-refractivity contribution is 4.92. The molecule has 0 aliphatic carbocycles. The molecule has 158 valence electrons. The van der Waals surface area contributed by atoms with Gasteiger partial charge in [0.2, 0.25) is 0 Å². The van der Waals surface area contributed by atoms with Crippen LogP contribution in [0.1, 0.15) is 66.7 Å². The highest BCUT2D eigenvalue weighted by Gasteiger charge is 2.43. The van der Waals surface area contributed by atoms with Crippen molar-refractivity contribution in [2.24, 2.45) is 29.1 Å². The lowest BCUT2D eigenvalue weighted by Gasteiger charge is -2.46. The molecule has 0 saturated carbocycles. The van der Waals surface area contributed by atoms with Crippen LogP contribution in [0.4, 0.5) is 0 Å². The second-order valence-corrected chi connectivity index (χ2v) is 10.1. The SMILES string of the molecule is CC(C)[C@H]1CCC(CC(C)[C@@H]2CCOC(C(C)(C)[C@@H]3COCCO3)C2)OC1. The topological polar surface area (TPSA) is 36.9 Å². The fraction of sp³-hybridized carbons (Fsp3) is 1.00. The van der Waals surface area contributed by atoms with E-state index >= 15 is 0 Å². The van der Waals surface area contributed by atoms with Crippen LogP contribution in [-0.4, -0.2) is 51.3 Å². The average Bonchev–Trinajstić information content (AvgIpc) is 2.69. The van der Waals surface area contributed by atoms with Gasteiger partial charge < -0.3 is 18.9 Å². The minimum atomic E-state index is -0.00929. The maximum atomic E-state index is 6.24. The van der Waals surface area contributed by atoms with E-state index in [1.165, 1.54) is 25.7 Å².